The number of rotatable bonds is 5. The molecule has 0 amide bonds. The van der Waals surface area contributed by atoms with Gasteiger partial charge in [-0.05, 0) is 43.0 Å². The maximum absolute atomic E-state index is 12.8. The molecule has 5 heteroatoms. The van der Waals surface area contributed by atoms with Crippen LogP contribution in [-0.4, -0.2) is 13.1 Å². The number of hydrogen-bond donors (Lipinski definition) is 1. The Balaban J connectivity index is 3.04. The van der Waals surface area contributed by atoms with E-state index < -0.39 is 11.7 Å². The minimum absolute atomic E-state index is 0.116. The third-order valence-corrected chi connectivity index (χ3v) is 3.50. The van der Waals surface area contributed by atoms with E-state index in [-0.39, 0.29) is 18.2 Å². The highest BCUT2D eigenvalue weighted by atomic mass is 19.4. The minimum Gasteiger partial charge on any atom is -0.372 e. The van der Waals surface area contributed by atoms with Gasteiger partial charge < -0.3 is 10.6 Å². The van der Waals surface area contributed by atoms with Crippen LogP contribution in [0.2, 0.25) is 0 Å². The van der Waals surface area contributed by atoms with Gasteiger partial charge in [0, 0.05) is 25.3 Å². The van der Waals surface area contributed by atoms with Gasteiger partial charge in [0.1, 0.15) is 0 Å². The number of halogens is 3. The highest BCUT2D eigenvalue weighted by molar-refractivity contribution is 5.51. The molecule has 0 bridgehead atoms. The molecular formula is C15H23F3N2. The second kappa shape index (κ2) is 6.48. The van der Waals surface area contributed by atoms with Crippen molar-refractivity contribution in [2.45, 2.75) is 46.0 Å². The van der Waals surface area contributed by atoms with Crippen molar-refractivity contribution in [3.63, 3.8) is 0 Å². The van der Waals surface area contributed by atoms with Crippen molar-refractivity contribution in [1.82, 2.24) is 0 Å². The SMILES string of the molecule is CC(C)CC(C)N(C)c1ccc(C(F)(F)F)c(CN)c1. The molecule has 1 unspecified atom stereocenters. The molecule has 1 rings (SSSR count). The first-order valence-corrected chi connectivity index (χ1v) is 6.79. The number of hydrogen-bond acceptors (Lipinski definition) is 2. The summed E-state index contributed by atoms with van der Waals surface area (Å²) in [6.07, 6.45) is -3.37. The molecule has 0 heterocycles. The molecule has 2 nitrogen and oxygen atoms in total. The minimum atomic E-state index is -4.35. The van der Waals surface area contributed by atoms with Crippen molar-refractivity contribution < 1.29 is 13.2 Å². The van der Waals surface area contributed by atoms with Gasteiger partial charge in [0.25, 0.3) is 0 Å². The molecule has 0 saturated heterocycles. The number of benzene rings is 1. The van der Waals surface area contributed by atoms with Crippen LogP contribution in [0.4, 0.5) is 18.9 Å². The Morgan fingerprint density at radius 2 is 1.80 bits per heavy atom. The van der Waals surface area contributed by atoms with Crippen LogP contribution in [0.5, 0.6) is 0 Å². The molecule has 1 atom stereocenters. The zero-order valence-electron chi connectivity index (χ0n) is 12.5. The molecular weight excluding hydrogens is 265 g/mol. The van der Waals surface area contributed by atoms with Gasteiger partial charge in [-0.3, -0.25) is 0 Å². The Labute approximate surface area is 118 Å². The lowest BCUT2D eigenvalue weighted by Crippen LogP contribution is -2.30. The largest absolute Gasteiger partial charge is 0.416 e. The first-order chi connectivity index (χ1) is 9.16. The number of nitrogens with zero attached hydrogens (tertiary/aromatic N) is 1. The molecule has 0 aromatic heterocycles. The van der Waals surface area contributed by atoms with E-state index in [9.17, 15) is 13.2 Å². The standard InChI is InChI=1S/C15H23F3N2/c1-10(2)7-11(3)20(4)13-5-6-14(15(16,17)18)12(8-13)9-19/h5-6,8,10-11H,7,9,19H2,1-4H3. The zero-order chi connectivity index (χ0) is 15.5. The molecule has 0 radical (unpaired) electrons. The van der Waals surface area contributed by atoms with Crippen LogP contribution >= 0.6 is 0 Å². The Hall–Kier alpha value is -1.23. The van der Waals surface area contributed by atoms with E-state index in [1.165, 1.54) is 6.07 Å². The summed E-state index contributed by atoms with van der Waals surface area (Å²) in [5, 5.41) is 0. The molecule has 0 saturated carbocycles. The smallest absolute Gasteiger partial charge is 0.372 e. The van der Waals surface area contributed by atoms with Gasteiger partial charge in [0.15, 0.2) is 0 Å². The lowest BCUT2D eigenvalue weighted by Gasteiger charge is -2.29. The van der Waals surface area contributed by atoms with Gasteiger partial charge in [0.05, 0.1) is 5.56 Å². The Morgan fingerprint density at radius 1 is 1.20 bits per heavy atom. The Morgan fingerprint density at radius 3 is 2.25 bits per heavy atom. The molecule has 0 fully saturated rings. The van der Waals surface area contributed by atoms with Crippen molar-refractivity contribution in [3.8, 4) is 0 Å². The number of alkyl halides is 3. The second-order valence-corrected chi connectivity index (χ2v) is 5.63. The van der Waals surface area contributed by atoms with Crippen LogP contribution in [0.3, 0.4) is 0 Å². The summed E-state index contributed by atoms with van der Waals surface area (Å²) >= 11 is 0. The Kier molecular flexibility index (Phi) is 5.45. The Bertz CT molecular complexity index is 441. The number of nitrogens with two attached hydrogens (primary N) is 1. The fourth-order valence-corrected chi connectivity index (χ4v) is 2.34. The average molecular weight is 288 g/mol. The highest BCUT2D eigenvalue weighted by Crippen LogP contribution is 2.34. The molecule has 1 aromatic carbocycles. The van der Waals surface area contributed by atoms with E-state index in [0.29, 0.717) is 5.92 Å². The summed E-state index contributed by atoms with van der Waals surface area (Å²) in [4.78, 5) is 2.00. The molecule has 20 heavy (non-hydrogen) atoms. The van der Waals surface area contributed by atoms with Crippen LogP contribution in [0, 0.1) is 5.92 Å². The van der Waals surface area contributed by atoms with Gasteiger partial charge >= 0.3 is 6.18 Å². The van der Waals surface area contributed by atoms with Crippen LogP contribution in [0.25, 0.3) is 0 Å². The molecule has 0 aliphatic heterocycles. The van der Waals surface area contributed by atoms with Crippen LogP contribution in [0.1, 0.15) is 38.3 Å². The van der Waals surface area contributed by atoms with E-state index in [2.05, 4.69) is 20.8 Å². The summed E-state index contributed by atoms with van der Waals surface area (Å²) < 4.78 is 38.5. The molecule has 1 aromatic rings. The van der Waals surface area contributed by atoms with Crippen molar-refractivity contribution in [3.05, 3.63) is 29.3 Å². The fraction of sp³-hybridized carbons (Fsp3) is 0.600. The lowest BCUT2D eigenvalue weighted by molar-refractivity contribution is -0.138. The van der Waals surface area contributed by atoms with E-state index in [0.717, 1.165) is 18.2 Å². The van der Waals surface area contributed by atoms with Gasteiger partial charge in [-0.2, -0.15) is 13.2 Å². The van der Waals surface area contributed by atoms with Crippen molar-refractivity contribution in [2.24, 2.45) is 11.7 Å². The van der Waals surface area contributed by atoms with E-state index in [1.807, 2.05) is 11.9 Å². The summed E-state index contributed by atoms with van der Waals surface area (Å²) in [6.45, 7) is 6.21. The molecule has 114 valence electrons. The summed E-state index contributed by atoms with van der Waals surface area (Å²) in [6, 6.07) is 4.44. The van der Waals surface area contributed by atoms with Gasteiger partial charge in [-0.15, -0.1) is 0 Å². The fourth-order valence-electron chi connectivity index (χ4n) is 2.34. The second-order valence-electron chi connectivity index (χ2n) is 5.63. The van der Waals surface area contributed by atoms with Crippen LogP contribution < -0.4 is 10.6 Å². The van der Waals surface area contributed by atoms with Gasteiger partial charge in [-0.1, -0.05) is 13.8 Å². The first kappa shape index (κ1) is 16.8. The summed E-state index contributed by atoms with van der Waals surface area (Å²) in [7, 11) is 1.90. The molecule has 0 aliphatic carbocycles. The lowest BCUT2D eigenvalue weighted by atomic mass is 10.0. The van der Waals surface area contributed by atoms with E-state index >= 15 is 0 Å². The van der Waals surface area contributed by atoms with Gasteiger partial charge in [0.2, 0.25) is 0 Å². The predicted molar refractivity (Wildman–Crippen MR) is 76.7 cm³/mol. The van der Waals surface area contributed by atoms with Crippen molar-refractivity contribution in [2.75, 3.05) is 11.9 Å². The third kappa shape index (κ3) is 4.13. The van der Waals surface area contributed by atoms with Crippen molar-refractivity contribution >= 4 is 5.69 Å². The monoisotopic (exact) mass is 288 g/mol. The zero-order valence-corrected chi connectivity index (χ0v) is 12.5. The van der Waals surface area contributed by atoms with Gasteiger partial charge in [-0.25, -0.2) is 0 Å². The van der Waals surface area contributed by atoms with Crippen molar-refractivity contribution in [1.29, 1.82) is 0 Å². The van der Waals surface area contributed by atoms with E-state index in [4.69, 9.17) is 5.73 Å². The van der Waals surface area contributed by atoms with Crippen LogP contribution in [-0.2, 0) is 12.7 Å². The van der Waals surface area contributed by atoms with E-state index in [1.54, 1.807) is 6.07 Å². The number of anilines is 1. The average Bonchev–Trinajstić information content (AvgIpc) is 2.35. The maximum Gasteiger partial charge on any atom is 0.416 e. The molecule has 0 spiro atoms. The topological polar surface area (TPSA) is 29.3 Å². The normalized spacial score (nSPS) is 13.7. The quantitative estimate of drug-likeness (QED) is 0.886. The summed E-state index contributed by atoms with van der Waals surface area (Å²) in [5.41, 5.74) is 5.72. The maximum atomic E-state index is 12.8. The highest BCUT2D eigenvalue weighted by Gasteiger charge is 2.33. The third-order valence-electron chi connectivity index (χ3n) is 3.50. The summed E-state index contributed by atoms with van der Waals surface area (Å²) in [5.74, 6) is 0.538. The van der Waals surface area contributed by atoms with Crippen LogP contribution in [0.15, 0.2) is 18.2 Å². The molecule has 0 aliphatic rings. The molecule has 2 N–H and O–H groups in total. The first-order valence-electron chi connectivity index (χ1n) is 6.79. The predicted octanol–water partition coefficient (Wildman–Crippen LogP) is 4.03.